The van der Waals surface area contributed by atoms with E-state index >= 15 is 0 Å². The summed E-state index contributed by atoms with van der Waals surface area (Å²) < 4.78 is 77.5. The molecule has 0 spiro atoms. The molecule has 0 radical (unpaired) electrons. The minimum absolute atomic E-state index is 0.0255. The van der Waals surface area contributed by atoms with E-state index in [9.17, 15) is 0 Å². The van der Waals surface area contributed by atoms with Gasteiger partial charge in [0.25, 0.3) is 0 Å². The van der Waals surface area contributed by atoms with E-state index in [0.717, 1.165) is 182 Å². The average Bonchev–Trinajstić information content (AvgIpc) is 4.30. The molecule has 11 heterocycles. The lowest BCUT2D eigenvalue weighted by Crippen LogP contribution is -2.25. The van der Waals surface area contributed by atoms with Gasteiger partial charge in [0, 0.05) is 91.1 Å². The summed E-state index contributed by atoms with van der Waals surface area (Å²) in [5.74, 6) is 2.28. The Bertz CT molecular complexity index is 942. The van der Waals surface area contributed by atoms with Crippen molar-refractivity contribution >= 4 is 0 Å². The molecule has 11 fully saturated rings. The van der Waals surface area contributed by atoms with E-state index in [1.54, 1.807) is 0 Å². The second-order valence-electron chi connectivity index (χ2n) is 22.5. The molecular formula is C61H124N2O15. The minimum atomic E-state index is 0.0255. The van der Waals surface area contributed by atoms with Gasteiger partial charge >= 0.3 is 0 Å². The van der Waals surface area contributed by atoms with Crippen LogP contribution in [0.5, 0.6) is 0 Å². The number of likely N-dealkylation sites (N-methyl/N-ethyl adjacent to an activating group) is 1. The zero-order valence-electron chi connectivity index (χ0n) is 52.1. The summed E-state index contributed by atoms with van der Waals surface area (Å²) in [6.07, 6.45) is 21.9. The Kier molecular flexibility index (Phi) is 53.6. The van der Waals surface area contributed by atoms with Gasteiger partial charge in [-0.2, -0.15) is 0 Å². The highest BCUT2D eigenvalue weighted by Gasteiger charge is 2.12. The van der Waals surface area contributed by atoms with Crippen LogP contribution >= 0.6 is 0 Å². The molecule has 78 heavy (non-hydrogen) atoms. The van der Waals surface area contributed by atoms with Crippen LogP contribution in [0.2, 0.25) is 0 Å². The molecule has 0 aliphatic carbocycles. The van der Waals surface area contributed by atoms with Crippen LogP contribution in [0, 0.1) is 17.8 Å². The number of hydrogen-bond acceptors (Lipinski definition) is 17. The van der Waals surface area contributed by atoms with E-state index < -0.39 is 0 Å². The van der Waals surface area contributed by atoms with E-state index in [0.29, 0.717) is 50.0 Å². The number of rotatable bonds is 0. The predicted molar refractivity (Wildman–Crippen MR) is 312 cm³/mol. The predicted octanol–water partition coefficient (Wildman–Crippen LogP) is 10.5. The highest BCUT2D eigenvalue weighted by Crippen LogP contribution is 2.15. The summed E-state index contributed by atoms with van der Waals surface area (Å²) in [5.41, 5.74) is 0. The molecule has 0 bridgehead atoms. The van der Waals surface area contributed by atoms with E-state index in [-0.39, 0.29) is 6.29 Å². The summed E-state index contributed by atoms with van der Waals surface area (Å²) in [6, 6.07) is 0.833. The van der Waals surface area contributed by atoms with Gasteiger partial charge < -0.3 is 81.3 Å². The van der Waals surface area contributed by atoms with E-state index in [1.165, 1.54) is 83.8 Å². The maximum atomic E-state index is 5.40. The highest BCUT2D eigenvalue weighted by molar-refractivity contribution is 4.76. The molecule has 11 aliphatic heterocycles. The summed E-state index contributed by atoms with van der Waals surface area (Å²) in [5, 5.41) is 3.10. The van der Waals surface area contributed by atoms with Gasteiger partial charge in [-0.15, -0.1) is 0 Å². The first-order valence-corrected chi connectivity index (χ1v) is 31.2. The number of hydrogen-bond donors (Lipinski definition) is 1. The molecule has 0 aromatic carbocycles. The van der Waals surface area contributed by atoms with Crippen LogP contribution < -0.4 is 5.32 Å². The monoisotopic (exact) mass is 1120 g/mol. The first-order chi connectivity index (χ1) is 37.8. The molecular weight excluding hydrogens is 1000 g/mol. The number of nitrogens with one attached hydrogen (secondary N) is 1. The summed E-state index contributed by atoms with van der Waals surface area (Å²) >= 11 is 0. The van der Waals surface area contributed by atoms with Gasteiger partial charge in [-0.1, -0.05) is 40.0 Å². The highest BCUT2D eigenvalue weighted by atomic mass is 16.7. The Morgan fingerprint density at radius 2 is 0.679 bits per heavy atom. The summed E-state index contributed by atoms with van der Waals surface area (Å²) in [6.45, 7) is 42.4. The van der Waals surface area contributed by atoms with E-state index in [2.05, 4.69) is 72.7 Å². The Balaban J connectivity index is 0.000000431. The number of ether oxygens (including phenoxy) is 15. The molecule has 17 nitrogen and oxygen atoms in total. The van der Waals surface area contributed by atoms with Crippen LogP contribution in [0.1, 0.15) is 172 Å². The van der Waals surface area contributed by atoms with Gasteiger partial charge in [0.05, 0.1) is 96.6 Å². The fraction of sp³-hybridized carbons (Fsp3) is 1.00. The normalized spacial score (nSPS) is 30.8. The fourth-order valence-electron chi connectivity index (χ4n) is 7.60. The Labute approximate surface area is 478 Å². The molecule has 11 rings (SSSR count). The lowest BCUT2D eigenvalue weighted by Gasteiger charge is -2.18. The van der Waals surface area contributed by atoms with Gasteiger partial charge in [-0.3, -0.25) is 0 Å². The molecule has 17 heteroatoms. The van der Waals surface area contributed by atoms with Crippen molar-refractivity contribution in [3.8, 4) is 0 Å². The van der Waals surface area contributed by atoms with Crippen molar-refractivity contribution in [1.82, 2.24) is 10.2 Å². The third-order valence-electron chi connectivity index (χ3n) is 13.5. The SMILES string of the molecule is CC1CCCCCO1.CC1CCCCOC1.CC1CCCOCC1.CC1CCCOCO1.CC1CCOCCO1.CC1CCOCO1.CC1CN1.CC1COCCO1.CC1COCCOC1.CC1OCCCCO1.CN1CC1. The lowest BCUT2D eigenvalue weighted by molar-refractivity contribution is -0.132. The van der Waals surface area contributed by atoms with Crippen molar-refractivity contribution < 1.29 is 71.1 Å². The van der Waals surface area contributed by atoms with E-state index in [4.69, 9.17) is 71.1 Å². The molecule has 468 valence electrons. The topological polar surface area (TPSA) is 163 Å². The van der Waals surface area contributed by atoms with Crippen molar-refractivity contribution in [2.75, 3.05) is 166 Å². The first kappa shape index (κ1) is 75.3. The maximum Gasteiger partial charge on any atom is 0.154 e. The van der Waals surface area contributed by atoms with E-state index in [1.807, 2.05) is 13.8 Å². The molecule has 0 amide bonds. The quantitative estimate of drug-likeness (QED) is 0.228. The second-order valence-corrected chi connectivity index (χ2v) is 22.5. The Hall–Kier alpha value is -0.680. The standard InChI is InChI=1S/3C7H14O.4C6H12O2.2C5H10O2.2C3H7N/c1-7-3-2-5-8-6-4-7;1-7-4-2-3-5-8-6-7;1-7-5-3-2-4-6-8-7;1-6-4-7-2-3-8-5-6;1-6-2-3-7-4-5-8-6;1-6-3-2-4-7-5-8-6;1-6-7-4-2-3-5-8-6;1-5-4-6-2-3-7-5;1-5-2-3-6-4-7-5;1-4-2-3-4;1-3-2-4-3/h3*7H,2-6H2,1H3;4*6H,2-5H2,1H3;2*5H,2-4H2,1H3;2-3H2,1H3;3-4H,2H2,1H3. The van der Waals surface area contributed by atoms with Crippen LogP contribution in [0.15, 0.2) is 0 Å². The minimum Gasteiger partial charge on any atom is -0.381 e. The van der Waals surface area contributed by atoms with Crippen molar-refractivity contribution in [2.24, 2.45) is 17.8 Å². The average molecular weight is 1130 g/mol. The fourth-order valence-corrected chi connectivity index (χ4v) is 7.60. The summed E-state index contributed by atoms with van der Waals surface area (Å²) in [7, 11) is 2.11. The summed E-state index contributed by atoms with van der Waals surface area (Å²) in [4.78, 5) is 2.25. The van der Waals surface area contributed by atoms with Crippen LogP contribution in [0.4, 0.5) is 0 Å². The molecule has 0 aromatic heterocycles. The second kappa shape index (κ2) is 55.5. The van der Waals surface area contributed by atoms with Crippen LogP contribution in [0.25, 0.3) is 0 Å². The van der Waals surface area contributed by atoms with Crippen LogP contribution in [-0.4, -0.2) is 214 Å². The molecule has 8 unspecified atom stereocenters. The first-order valence-electron chi connectivity index (χ1n) is 31.2. The third-order valence-corrected chi connectivity index (χ3v) is 13.5. The molecule has 8 atom stereocenters. The lowest BCUT2D eigenvalue weighted by atomic mass is 10.0. The number of nitrogens with zero attached hydrogens (tertiary/aromatic N) is 1. The van der Waals surface area contributed by atoms with Gasteiger partial charge in [0.2, 0.25) is 0 Å². The third kappa shape index (κ3) is 58.5. The molecule has 0 aromatic rings. The zero-order valence-corrected chi connectivity index (χ0v) is 52.1. The Morgan fingerprint density at radius 3 is 1.27 bits per heavy atom. The van der Waals surface area contributed by atoms with Gasteiger partial charge in [-0.05, 0) is 151 Å². The van der Waals surface area contributed by atoms with Crippen LogP contribution in [-0.2, 0) is 71.1 Å². The largest absolute Gasteiger partial charge is 0.381 e. The smallest absolute Gasteiger partial charge is 0.154 e. The molecule has 11 aliphatic rings. The van der Waals surface area contributed by atoms with Crippen molar-refractivity contribution in [2.45, 2.75) is 215 Å². The Morgan fingerprint density at radius 1 is 0.295 bits per heavy atom. The van der Waals surface area contributed by atoms with Crippen molar-refractivity contribution in [3.63, 3.8) is 0 Å². The zero-order chi connectivity index (χ0) is 56.9. The van der Waals surface area contributed by atoms with Gasteiger partial charge in [0.1, 0.15) is 13.6 Å². The van der Waals surface area contributed by atoms with Gasteiger partial charge in [-0.25, -0.2) is 0 Å². The van der Waals surface area contributed by atoms with Crippen molar-refractivity contribution in [1.29, 1.82) is 0 Å². The van der Waals surface area contributed by atoms with Gasteiger partial charge in [0.15, 0.2) is 6.29 Å². The molecule has 1 N–H and O–H groups in total. The maximum absolute atomic E-state index is 5.40. The van der Waals surface area contributed by atoms with Crippen LogP contribution in [0.3, 0.4) is 0 Å². The van der Waals surface area contributed by atoms with Crippen molar-refractivity contribution in [3.05, 3.63) is 0 Å². The molecule has 0 saturated carbocycles. The molecule has 11 saturated heterocycles.